The molecule has 0 radical (unpaired) electrons. The lowest BCUT2D eigenvalue weighted by Gasteiger charge is -2.29. The average molecular weight is 799 g/mol. The topological polar surface area (TPSA) is 150 Å². The number of benzene rings is 2. The van der Waals surface area contributed by atoms with Gasteiger partial charge < -0.3 is 24.9 Å². The van der Waals surface area contributed by atoms with Crippen LogP contribution in [0.2, 0.25) is 0 Å². The molecular formula is C48H39FN6O5. The molecule has 5 aliphatic rings. The third-order valence-electron chi connectivity index (χ3n) is 12.2. The Hall–Kier alpha value is -7.21. The molecule has 1 aliphatic heterocycles. The highest BCUT2D eigenvalue weighted by molar-refractivity contribution is 6.05. The maximum atomic E-state index is 14.1. The number of pyridine rings is 2. The van der Waals surface area contributed by atoms with Crippen molar-refractivity contribution in [1.29, 1.82) is 0 Å². The number of aryl methyl sites for hydroxylation is 4. The fraction of sp³-hybridized carbons (Fsp3) is 0.208. The quantitative estimate of drug-likeness (QED) is 0.149. The van der Waals surface area contributed by atoms with Gasteiger partial charge in [-0.2, -0.15) is 0 Å². The van der Waals surface area contributed by atoms with Crippen LogP contribution in [0.1, 0.15) is 67.2 Å². The molecule has 11 rings (SSSR count). The molecule has 0 unspecified atom stereocenters. The van der Waals surface area contributed by atoms with E-state index < -0.39 is 11.7 Å². The monoisotopic (exact) mass is 798 g/mol. The number of H-pyrrole nitrogens is 2. The highest BCUT2D eigenvalue weighted by Gasteiger charge is 2.33. The van der Waals surface area contributed by atoms with Crippen LogP contribution in [0.4, 0.5) is 15.8 Å². The molecule has 3 N–H and O–H groups in total. The number of halogens is 1. The van der Waals surface area contributed by atoms with Gasteiger partial charge >= 0.3 is 0 Å². The molecule has 0 fully saturated rings. The fourth-order valence-corrected chi connectivity index (χ4v) is 9.27. The number of carbonyl (C=O) groups excluding carboxylic acids is 4. The number of amides is 2. The number of rotatable bonds is 5. The standard InChI is InChI=1S/C25H21N3O3.C23H18FN3O2/c1-2-23(30)28-9-10-31-22-8-4-14(11-20(22)28)19-12-17-15(13-26-19)3-5-16-24-18(27-25(16)17)6-7-21(24)29;1-2-21(29)26-19-9-12(4-6-16(19)24)18-10-15-13(11-25-18)3-5-14-22-17(27-23(14)15)7-8-20(22)28/h2,4,8,11-13,27H,1,3,5-7,9-10H2;2,4,6,9-11,27H,1,3,5,7-8H2,(H,26,29). The van der Waals surface area contributed by atoms with Crippen molar-refractivity contribution in [1.82, 2.24) is 19.9 Å². The Labute approximate surface area is 344 Å². The molecule has 12 heteroatoms. The van der Waals surface area contributed by atoms with Crippen LogP contribution in [-0.2, 0) is 48.1 Å². The second kappa shape index (κ2) is 14.6. The summed E-state index contributed by atoms with van der Waals surface area (Å²) in [5, 5.41) is 2.48. The first-order valence-corrected chi connectivity index (χ1v) is 20.2. The number of hydrogen-bond donors (Lipinski definition) is 3. The van der Waals surface area contributed by atoms with Crippen molar-refractivity contribution >= 4 is 34.8 Å². The van der Waals surface area contributed by atoms with Crippen molar-refractivity contribution in [3.8, 4) is 50.8 Å². The summed E-state index contributed by atoms with van der Waals surface area (Å²) >= 11 is 0. The molecule has 4 aromatic heterocycles. The molecule has 4 aliphatic carbocycles. The van der Waals surface area contributed by atoms with Gasteiger partial charge in [0.05, 0.1) is 29.3 Å². The van der Waals surface area contributed by atoms with Crippen molar-refractivity contribution in [2.45, 2.75) is 51.4 Å². The van der Waals surface area contributed by atoms with E-state index >= 15 is 0 Å². The number of nitrogens with one attached hydrogen (secondary N) is 3. The lowest BCUT2D eigenvalue weighted by Crippen LogP contribution is -2.36. The first kappa shape index (κ1) is 37.1. The first-order chi connectivity index (χ1) is 29.2. The summed E-state index contributed by atoms with van der Waals surface area (Å²) in [7, 11) is 0. The minimum atomic E-state index is -0.525. The van der Waals surface area contributed by atoms with Gasteiger partial charge in [-0.25, -0.2) is 4.39 Å². The van der Waals surface area contributed by atoms with E-state index in [2.05, 4.69) is 39.5 Å². The van der Waals surface area contributed by atoms with Crippen molar-refractivity contribution in [2.75, 3.05) is 23.4 Å². The van der Waals surface area contributed by atoms with Gasteiger partial charge in [-0.15, -0.1) is 0 Å². The third-order valence-corrected chi connectivity index (χ3v) is 12.2. The SMILES string of the molecule is C=CC(=O)N1CCOc2ccc(-c3cc4c(cn3)CCc3c-4[nH]c4c3C(=O)CC4)cc21.C=CC(=O)Nc1cc(-c2cc3c(cn2)CCc2c-3[nH]c3c2C(=O)CC3)ccc1F. The van der Waals surface area contributed by atoms with Gasteiger partial charge in [-0.05, 0) is 121 Å². The van der Waals surface area contributed by atoms with Crippen molar-refractivity contribution in [3.63, 3.8) is 0 Å². The van der Waals surface area contributed by atoms with Crippen LogP contribution in [-0.4, -0.2) is 56.5 Å². The zero-order valence-electron chi connectivity index (χ0n) is 32.7. The largest absolute Gasteiger partial charge is 0.490 e. The number of aromatic amines is 2. The highest BCUT2D eigenvalue weighted by Crippen LogP contribution is 2.43. The Bertz CT molecular complexity index is 2890. The van der Waals surface area contributed by atoms with Crippen LogP contribution in [0, 0.1) is 5.82 Å². The summed E-state index contributed by atoms with van der Waals surface area (Å²) in [4.78, 5) is 66.4. The molecule has 0 atom stereocenters. The number of ketones is 2. The van der Waals surface area contributed by atoms with E-state index in [1.54, 1.807) is 17.0 Å². The summed E-state index contributed by atoms with van der Waals surface area (Å²) in [6, 6.07) is 14.4. The number of anilines is 2. The minimum absolute atomic E-state index is 0.0806. The number of carbonyl (C=O) groups is 4. The Morgan fingerprint density at radius 2 is 1.32 bits per heavy atom. The molecule has 60 heavy (non-hydrogen) atoms. The van der Waals surface area contributed by atoms with Gasteiger partial charge in [0, 0.05) is 81.4 Å². The number of aromatic nitrogens is 4. The van der Waals surface area contributed by atoms with Gasteiger partial charge in [0.25, 0.3) is 5.91 Å². The second-order valence-electron chi connectivity index (χ2n) is 15.6. The summed E-state index contributed by atoms with van der Waals surface area (Å²) < 4.78 is 19.8. The first-order valence-electron chi connectivity index (χ1n) is 20.2. The molecular weight excluding hydrogens is 760 g/mol. The van der Waals surface area contributed by atoms with E-state index in [9.17, 15) is 23.6 Å². The van der Waals surface area contributed by atoms with Crippen LogP contribution in [0.5, 0.6) is 5.75 Å². The van der Waals surface area contributed by atoms with E-state index in [0.29, 0.717) is 43.0 Å². The molecule has 0 saturated carbocycles. The molecule has 298 valence electrons. The summed E-state index contributed by atoms with van der Waals surface area (Å²) in [6.07, 6.45) is 12.4. The summed E-state index contributed by atoms with van der Waals surface area (Å²) in [5.74, 6) is 0.0153. The summed E-state index contributed by atoms with van der Waals surface area (Å²) in [6.45, 7) is 7.95. The number of Topliss-reactive ketones (excluding diaryl/α,β-unsaturated/α-hetero) is 2. The minimum Gasteiger partial charge on any atom is -0.490 e. The molecule has 0 spiro atoms. The maximum Gasteiger partial charge on any atom is 0.250 e. The van der Waals surface area contributed by atoms with E-state index in [1.807, 2.05) is 36.7 Å². The van der Waals surface area contributed by atoms with Crippen molar-refractivity contribution in [3.05, 3.63) is 137 Å². The third kappa shape index (κ3) is 6.18. The Morgan fingerprint density at radius 3 is 1.90 bits per heavy atom. The van der Waals surface area contributed by atoms with E-state index in [4.69, 9.17) is 9.72 Å². The molecule has 0 bridgehead atoms. The summed E-state index contributed by atoms with van der Waals surface area (Å²) in [5.41, 5.74) is 16.6. The number of hydrogen-bond acceptors (Lipinski definition) is 7. The number of fused-ring (bicyclic) bond motifs is 11. The Morgan fingerprint density at radius 1 is 0.733 bits per heavy atom. The molecule has 5 heterocycles. The van der Waals surface area contributed by atoms with E-state index in [1.165, 1.54) is 17.7 Å². The molecule has 2 amide bonds. The van der Waals surface area contributed by atoms with E-state index in [0.717, 1.165) is 123 Å². The predicted octanol–water partition coefficient (Wildman–Crippen LogP) is 8.12. The lowest BCUT2D eigenvalue weighted by molar-refractivity contribution is -0.114. The fourth-order valence-electron chi connectivity index (χ4n) is 9.27. The smallest absolute Gasteiger partial charge is 0.250 e. The zero-order chi connectivity index (χ0) is 41.2. The van der Waals surface area contributed by atoms with Gasteiger partial charge in [-0.1, -0.05) is 13.2 Å². The van der Waals surface area contributed by atoms with Crippen molar-refractivity contribution < 1.29 is 28.3 Å². The van der Waals surface area contributed by atoms with Crippen LogP contribution < -0.4 is 15.0 Å². The van der Waals surface area contributed by atoms with Crippen LogP contribution in [0.15, 0.2) is 86.2 Å². The van der Waals surface area contributed by atoms with Gasteiger partial charge in [0.1, 0.15) is 18.2 Å². The highest BCUT2D eigenvalue weighted by atomic mass is 19.1. The number of ether oxygens (including phenoxy) is 1. The maximum absolute atomic E-state index is 14.1. The van der Waals surface area contributed by atoms with Crippen LogP contribution in [0.3, 0.4) is 0 Å². The lowest BCUT2D eigenvalue weighted by atomic mass is 9.88. The molecule has 0 saturated heterocycles. The van der Waals surface area contributed by atoms with Gasteiger partial charge in [0.2, 0.25) is 5.91 Å². The van der Waals surface area contributed by atoms with Gasteiger partial charge in [0.15, 0.2) is 11.6 Å². The Balaban J connectivity index is 0.000000145. The predicted molar refractivity (Wildman–Crippen MR) is 226 cm³/mol. The number of nitrogens with zero attached hydrogens (tertiary/aromatic N) is 3. The molecule has 11 nitrogen and oxygen atoms in total. The van der Waals surface area contributed by atoms with Gasteiger partial charge in [-0.3, -0.25) is 29.1 Å². The normalized spacial score (nSPS) is 15.2. The molecule has 2 aromatic carbocycles. The Kier molecular flexibility index (Phi) is 9.00. The average Bonchev–Trinajstić information content (AvgIpc) is 4.05. The zero-order valence-corrected chi connectivity index (χ0v) is 32.7. The van der Waals surface area contributed by atoms with Crippen molar-refractivity contribution in [2.24, 2.45) is 0 Å². The molecule has 6 aromatic rings. The van der Waals surface area contributed by atoms with E-state index in [-0.39, 0.29) is 23.2 Å². The van der Waals surface area contributed by atoms with Crippen LogP contribution in [0.25, 0.3) is 45.0 Å². The van der Waals surface area contributed by atoms with Crippen LogP contribution >= 0.6 is 0 Å². The second-order valence-corrected chi connectivity index (χ2v) is 15.6.